The molecule has 8 nitrogen and oxygen atoms in total. The molecule has 158 valence electrons. The third-order valence-corrected chi connectivity index (χ3v) is 7.00. The van der Waals surface area contributed by atoms with Crippen LogP contribution in [0.25, 0.3) is 0 Å². The van der Waals surface area contributed by atoms with Crippen molar-refractivity contribution in [3.63, 3.8) is 0 Å². The van der Waals surface area contributed by atoms with Crippen molar-refractivity contribution < 1.29 is 27.9 Å². The van der Waals surface area contributed by atoms with Crippen molar-refractivity contribution in [2.45, 2.75) is 49.8 Å². The number of carbonyl (C=O) groups is 2. The number of ketones is 1. The molecule has 0 saturated carbocycles. The quantitative estimate of drug-likeness (QED) is 0.557. The fraction of sp³-hybridized carbons (Fsp3) is 0.474. The van der Waals surface area contributed by atoms with E-state index >= 15 is 0 Å². The third kappa shape index (κ3) is 4.26. The summed E-state index contributed by atoms with van der Waals surface area (Å²) >= 11 is 5.86. The van der Waals surface area contributed by atoms with Crippen LogP contribution in [0, 0.1) is 0 Å². The second-order valence-corrected chi connectivity index (χ2v) is 10.3. The number of Topliss-reactive ketones (excluding diaryl/α,β-unsaturated/α-hetero) is 1. The molecule has 1 N–H and O–H groups in total. The van der Waals surface area contributed by atoms with Gasteiger partial charge < -0.3 is 14.7 Å². The number of fused-ring (bicyclic) bond motifs is 2. The maximum atomic E-state index is 13.3. The first kappa shape index (κ1) is 21.6. The standard InChI is InChI=1S/C19H23ClN2O6S/c1-19(2,3)28-18(25)21-9-13-8-17(24)15(11-23)16(10-21)22(13)29(26,27)14-6-4-12(20)5-7-14/h4-7,11,13,16,23H,8-10H2,1-3H3/b15-11-. The van der Waals surface area contributed by atoms with Gasteiger partial charge in [-0.15, -0.1) is 0 Å². The maximum absolute atomic E-state index is 13.3. The summed E-state index contributed by atoms with van der Waals surface area (Å²) in [6.07, 6.45) is -0.107. The summed E-state index contributed by atoms with van der Waals surface area (Å²) in [6, 6.07) is 3.94. The van der Waals surface area contributed by atoms with Crippen molar-refractivity contribution in [3.05, 3.63) is 41.1 Å². The Morgan fingerprint density at radius 1 is 1.24 bits per heavy atom. The molecule has 2 aliphatic heterocycles. The summed E-state index contributed by atoms with van der Waals surface area (Å²) in [6.45, 7) is 5.11. The number of benzene rings is 1. The first-order chi connectivity index (χ1) is 13.4. The molecule has 2 bridgehead atoms. The molecule has 2 heterocycles. The molecule has 2 aliphatic rings. The third-order valence-electron chi connectivity index (χ3n) is 4.77. The maximum Gasteiger partial charge on any atom is 0.410 e. The number of piperidine rings is 1. The molecule has 0 spiro atoms. The average Bonchev–Trinajstić information content (AvgIpc) is 2.60. The molecule has 2 atom stereocenters. The Morgan fingerprint density at radius 3 is 2.41 bits per heavy atom. The summed E-state index contributed by atoms with van der Waals surface area (Å²) in [5.41, 5.74) is -0.767. The number of aliphatic hydroxyl groups is 1. The SMILES string of the molecule is CC(C)(C)OC(=O)N1CC2CC(=O)/C(=C\O)C(C1)N2S(=O)(=O)c1ccc(Cl)cc1. The van der Waals surface area contributed by atoms with E-state index in [-0.39, 0.29) is 35.8 Å². The molecular weight excluding hydrogens is 420 g/mol. The predicted molar refractivity (Wildman–Crippen MR) is 106 cm³/mol. The number of hydrogen-bond donors (Lipinski definition) is 1. The topological polar surface area (TPSA) is 104 Å². The zero-order valence-electron chi connectivity index (χ0n) is 16.3. The lowest BCUT2D eigenvalue weighted by atomic mass is 9.89. The van der Waals surface area contributed by atoms with Gasteiger partial charge in [-0.05, 0) is 45.0 Å². The van der Waals surface area contributed by atoms with E-state index in [1.54, 1.807) is 20.8 Å². The van der Waals surface area contributed by atoms with Crippen LogP contribution < -0.4 is 0 Å². The highest BCUT2D eigenvalue weighted by atomic mass is 35.5. The van der Waals surface area contributed by atoms with E-state index in [1.807, 2.05) is 0 Å². The van der Waals surface area contributed by atoms with Crippen molar-refractivity contribution in [1.82, 2.24) is 9.21 Å². The van der Waals surface area contributed by atoms with Crippen molar-refractivity contribution in [2.75, 3.05) is 13.1 Å². The van der Waals surface area contributed by atoms with E-state index in [0.717, 1.165) is 0 Å². The summed E-state index contributed by atoms with van der Waals surface area (Å²) in [4.78, 5) is 26.3. The van der Waals surface area contributed by atoms with Gasteiger partial charge in [-0.25, -0.2) is 13.2 Å². The number of ether oxygens (including phenoxy) is 1. The minimum atomic E-state index is -4.00. The van der Waals surface area contributed by atoms with E-state index in [9.17, 15) is 23.1 Å². The van der Waals surface area contributed by atoms with E-state index in [1.165, 1.54) is 33.5 Å². The van der Waals surface area contributed by atoms with Crippen LogP contribution in [0.2, 0.25) is 5.02 Å². The van der Waals surface area contributed by atoms with Gasteiger partial charge in [0, 0.05) is 30.1 Å². The second kappa shape index (κ2) is 7.62. The number of amides is 1. The summed E-state index contributed by atoms with van der Waals surface area (Å²) in [5.74, 6) is -0.339. The van der Waals surface area contributed by atoms with Gasteiger partial charge in [-0.3, -0.25) is 4.79 Å². The van der Waals surface area contributed by atoms with Gasteiger partial charge in [0.2, 0.25) is 10.0 Å². The number of aliphatic hydroxyl groups excluding tert-OH is 1. The van der Waals surface area contributed by atoms with Gasteiger partial charge in [0.05, 0.1) is 23.2 Å². The van der Waals surface area contributed by atoms with Gasteiger partial charge in [0.25, 0.3) is 0 Å². The van der Waals surface area contributed by atoms with Crippen LogP contribution in [-0.4, -0.2) is 65.4 Å². The zero-order chi connectivity index (χ0) is 21.6. The van der Waals surface area contributed by atoms with Crippen molar-refractivity contribution in [2.24, 2.45) is 0 Å². The van der Waals surface area contributed by atoms with E-state index < -0.39 is 33.8 Å². The molecule has 10 heteroatoms. The Morgan fingerprint density at radius 2 is 1.86 bits per heavy atom. The Bertz CT molecular complexity index is 952. The molecule has 2 fully saturated rings. The Labute approximate surface area is 174 Å². The highest BCUT2D eigenvalue weighted by Crippen LogP contribution is 2.36. The molecule has 0 aliphatic carbocycles. The van der Waals surface area contributed by atoms with Crippen LogP contribution in [-0.2, 0) is 19.6 Å². The lowest BCUT2D eigenvalue weighted by Crippen LogP contribution is -2.66. The second-order valence-electron chi connectivity index (χ2n) is 8.06. The van der Waals surface area contributed by atoms with Crippen LogP contribution in [0.5, 0.6) is 0 Å². The minimum Gasteiger partial charge on any atom is -0.515 e. The first-order valence-electron chi connectivity index (χ1n) is 9.08. The fourth-order valence-electron chi connectivity index (χ4n) is 3.59. The number of hydrogen-bond acceptors (Lipinski definition) is 6. The van der Waals surface area contributed by atoms with Gasteiger partial charge in [0.15, 0.2) is 5.78 Å². The van der Waals surface area contributed by atoms with Gasteiger partial charge >= 0.3 is 6.09 Å². The number of carbonyl (C=O) groups excluding carboxylic acids is 2. The van der Waals surface area contributed by atoms with Crippen molar-refractivity contribution in [1.29, 1.82) is 0 Å². The number of nitrogens with zero attached hydrogens (tertiary/aromatic N) is 2. The molecule has 1 aromatic carbocycles. The molecule has 0 radical (unpaired) electrons. The number of piperazine rings is 1. The van der Waals surface area contributed by atoms with E-state index in [0.29, 0.717) is 11.3 Å². The number of sulfonamides is 1. The first-order valence-corrected chi connectivity index (χ1v) is 10.9. The lowest BCUT2D eigenvalue weighted by Gasteiger charge is -2.48. The Kier molecular flexibility index (Phi) is 5.68. The van der Waals surface area contributed by atoms with Crippen LogP contribution in [0.4, 0.5) is 4.79 Å². The summed E-state index contributed by atoms with van der Waals surface area (Å²) in [5, 5.41) is 10.0. The number of halogens is 1. The molecule has 1 amide bonds. The zero-order valence-corrected chi connectivity index (χ0v) is 17.9. The van der Waals surface area contributed by atoms with Crippen LogP contribution in [0.1, 0.15) is 27.2 Å². The fourth-order valence-corrected chi connectivity index (χ4v) is 5.48. The molecule has 1 aromatic rings. The normalized spacial score (nSPS) is 24.6. The van der Waals surface area contributed by atoms with Crippen molar-refractivity contribution in [3.8, 4) is 0 Å². The molecule has 2 unspecified atom stereocenters. The van der Waals surface area contributed by atoms with Crippen LogP contribution in [0.3, 0.4) is 0 Å². The van der Waals surface area contributed by atoms with E-state index in [2.05, 4.69) is 0 Å². The highest BCUT2D eigenvalue weighted by Gasteiger charge is 2.51. The highest BCUT2D eigenvalue weighted by molar-refractivity contribution is 7.89. The van der Waals surface area contributed by atoms with Crippen LogP contribution in [0.15, 0.2) is 41.0 Å². The minimum absolute atomic E-state index is 0.0165. The van der Waals surface area contributed by atoms with Gasteiger partial charge in [0.1, 0.15) is 5.60 Å². The average molecular weight is 443 g/mol. The van der Waals surface area contributed by atoms with Crippen LogP contribution >= 0.6 is 11.6 Å². The predicted octanol–water partition coefficient (Wildman–Crippen LogP) is 2.73. The van der Waals surface area contributed by atoms with E-state index in [4.69, 9.17) is 16.3 Å². The molecular formula is C19H23ClN2O6S. The van der Waals surface area contributed by atoms with Gasteiger partial charge in [-0.2, -0.15) is 4.31 Å². The van der Waals surface area contributed by atoms with Crippen molar-refractivity contribution >= 4 is 33.5 Å². The molecule has 29 heavy (non-hydrogen) atoms. The number of rotatable bonds is 2. The number of likely N-dealkylation sites (tertiary alicyclic amines) is 1. The summed E-state index contributed by atoms with van der Waals surface area (Å²) in [7, 11) is -4.00. The molecule has 3 rings (SSSR count). The summed E-state index contributed by atoms with van der Waals surface area (Å²) < 4.78 is 33.2. The lowest BCUT2D eigenvalue weighted by molar-refractivity contribution is -0.120. The Hall–Kier alpha value is -2.10. The largest absolute Gasteiger partial charge is 0.515 e. The Balaban J connectivity index is 1.98. The molecule has 0 aromatic heterocycles. The molecule has 2 saturated heterocycles. The van der Waals surface area contributed by atoms with Gasteiger partial charge in [-0.1, -0.05) is 11.6 Å². The smallest absolute Gasteiger partial charge is 0.410 e. The monoisotopic (exact) mass is 442 g/mol.